The first-order valence-corrected chi connectivity index (χ1v) is 7.10. The summed E-state index contributed by atoms with van der Waals surface area (Å²) in [6.07, 6.45) is 0.337. The highest BCUT2D eigenvalue weighted by Crippen LogP contribution is 2.22. The smallest absolute Gasteiger partial charge is 0.257 e. The van der Waals surface area contributed by atoms with E-state index in [1.165, 1.54) is 0 Å². The third kappa shape index (κ3) is 4.24. The molecule has 1 amide bonds. The Bertz CT molecular complexity index is 533. The number of rotatable bonds is 6. The molecular weight excluding hydrogens is 270 g/mol. The van der Waals surface area contributed by atoms with Crippen LogP contribution in [-0.4, -0.2) is 34.9 Å². The van der Waals surface area contributed by atoms with Gasteiger partial charge in [-0.1, -0.05) is 19.0 Å². The maximum absolute atomic E-state index is 12.8. The van der Waals surface area contributed by atoms with E-state index in [0.717, 1.165) is 11.3 Å². The SMILES string of the molecule is Cc1oc(C)c(C(=O)N(CCC(N)=NO)CC(C)C)c1C. The molecule has 0 spiro atoms. The van der Waals surface area contributed by atoms with E-state index in [4.69, 9.17) is 15.4 Å². The average molecular weight is 295 g/mol. The van der Waals surface area contributed by atoms with E-state index in [9.17, 15) is 4.79 Å². The van der Waals surface area contributed by atoms with Gasteiger partial charge in [-0.25, -0.2) is 0 Å². The molecule has 0 unspecified atom stereocenters. The number of nitrogens with two attached hydrogens (primary N) is 1. The van der Waals surface area contributed by atoms with Crippen LogP contribution >= 0.6 is 0 Å². The fraction of sp³-hybridized carbons (Fsp3) is 0.600. The second-order valence-corrected chi connectivity index (χ2v) is 5.70. The zero-order valence-electron chi connectivity index (χ0n) is 13.4. The third-order valence-corrected chi connectivity index (χ3v) is 3.41. The number of nitrogens with zero attached hydrogens (tertiary/aromatic N) is 2. The second-order valence-electron chi connectivity index (χ2n) is 5.70. The first kappa shape index (κ1) is 17.1. The van der Waals surface area contributed by atoms with E-state index in [2.05, 4.69) is 5.16 Å². The molecule has 1 aromatic rings. The lowest BCUT2D eigenvalue weighted by molar-refractivity contribution is 0.0738. The summed E-state index contributed by atoms with van der Waals surface area (Å²) in [5.41, 5.74) is 6.99. The van der Waals surface area contributed by atoms with Gasteiger partial charge in [0.2, 0.25) is 0 Å². The lowest BCUT2D eigenvalue weighted by Crippen LogP contribution is -2.37. The van der Waals surface area contributed by atoms with Gasteiger partial charge in [0.1, 0.15) is 17.4 Å². The normalized spacial score (nSPS) is 12.0. The van der Waals surface area contributed by atoms with Crippen molar-refractivity contribution in [3.8, 4) is 0 Å². The van der Waals surface area contributed by atoms with Gasteiger partial charge in [0.15, 0.2) is 0 Å². The molecule has 3 N–H and O–H groups in total. The van der Waals surface area contributed by atoms with Gasteiger partial charge in [-0.15, -0.1) is 0 Å². The molecule has 6 nitrogen and oxygen atoms in total. The van der Waals surface area contributed by atoms with Crippen LogP contribution < -0.4 is 5.73 Å². The molecule has 118 valence electrons. The molecule has 0 aromatic carbocycles. The van der Waals surface area contributed by atoms with Crippen LogP contribution in [0.15, 0.2) is 9.57 Å². The first-order chi connectivity index (χ1) is 9.77. The van der Waals surface area contributed by atoms with Crippen LogP contribution in [-0.2, 0) is 0 Å². The maximum atomic E-state index is 12.8. The molecule has 0 fully saturated rings. The lowest BCUT2D eigenvalue weighted by Gasteiger charge is -2.24. The average Bonchev–Trinajstić information content (AvgIpc) is 2.66. The van der Waals surface area contributed by atoms with Crippen molar-refractivity contribution in [1.82, 2.24) is 4.90 Å². The Morgan fingerprint density at radius 2 is 1.95 bits per heavy atom. The van der Waals surface area contributed by atoms with Crippen molar-refractivity contribution >= 4 is 11.7 Å². The van der Waals surface area contributed by atoms with E-state index >= 15 is 0 Å². The van der Waals surface area contributed by atoms with E-state index in [-0.39, 0.29) is 11.7 Å². The van der Waals surface area contributed by atoms with Gasteiger partial charge < -0.3 is 20.3 Å². The summed E-state index contributed by atoms with van der Waals surface area (Å²) < 4.78 is 5.53. The number of amidine groups is 1. The van der Waals surface area contributed by atoms with Crippen molar-refractivity contribution in [2.45, 2.75) is 41.0 Å². The van der Waals surface area contributed by atoms with Gasteiger partial charge in [-0.05, 0) is 26.7 Å². The molecular formula is C15H25N3O3. The number of amides is 1. The number of aryl methyl sites for hydroxylation is 2. The summed E-state index contributed by atoms with van der Waals surface area (Å²) >= 11 is 0. The van der Waals surface area contributed by atoms with Crippen LogP contribution in [0.4, 0.5) is 0 Å². The summed E-state index contributed by atoms with van der Waals surface area (Å²) in [5, 5.41) is 11.6. The number of oxime groups is 1. The van der Waals surface area contributed by atoms with Crippen LogP contribution in [0.25, 0.3) is 0 Å². The van der Waals surface area contributed by atoms with E-state index in [0.29, 0.717) is 36.8 Å². The number of hydrogen-bond acceptors (Lipinski definition) is 4. The van der Waals surface area contributed by atoms with Crippen molar-refractivity contribution < 1.29 is 14.4 Å². The zero-order chi connectivity index (χ0) is 16.2. The predicted octanol–water partition coefficient (Wildman–Crippen LogP) is 2.44. The number of furan rings is 1. The summed E-state index contributed by atoms with van der Waals surface area (Å²) in [6.45, 7) is 10.6. The fourth-order valence-electron chi connectivity index (χ4n) is 2.28. The van der Waals surface area contributed by atoms with E-state index < -0.39 is 0 Å². The molecule has 6 heteroatoms. The molecule has 0 atom stereocenters. The van der Waals surface area contributed by atoms with E-state index in [1.54, 1.807) is 11.8 Å². The molecule has 21 heavy (non-hydrogen) atoms. The summed E-state index contributed by atoms with van der Waals surface area (Å²) in [6, 6.07) is 0. The summed E-state index contributed by atoms with van der Waals surface area (Å²) in [7, 11) is 0. The zero-order valence-corrected chi connectivity index (χ0v) is 13.4. The number of carbonyl (C=O) groups excluding carboxylic acids is 1. The highest BCUT2D eigenvalue weighted by molar-refractivity contribution is 5.97. The Morgan fingerprint density at radius 3 is 2.38 bits per heavy atom. The Kier molecular flexibility index (Phi) is 5.81. The van der Waals surface area contributed by atoms with Crippen LogP contribution in [0.1, 0.15) is 47.7 Å². The summed E-state index contributed by atoms with van der Waals surface area (Å²) in [5.74, 6) is 1.77. The minimum Gasteiger partial charge on any atom is -0.466 e. The van der Waals surface area contributed by atoms with Crippen molar-refractivity contribution in [1.29, 1.82) is 0 Å². The molecule has 1 aromatic heterocycles. The second kappa shape index (κ2) is 7.15. The third-order valence-electron chi connectivity index (χ3n) is 3.41. The largest absolute Gasteiger partial charge is 0.466 e. The van der Waals surface area contributed by atoms with Gasteiger partial charge in [0.25, 0.3) is 5.91 Å². The molecule has 0 aliphatic heterocycles. The van der Waals surface area contributed by atoms with Gasteiger partial charge in [0.05, 0.1) is 5.56 Å². The highest BCUT2D eigenvalue weighted by atomic mass is 16.4. The van der Waals surface area contributed by atoms with E-state index in [1.807, 2.05) is 27.7 Å². The molecule has 0 aliphatic carbocycles. The van der Waals surface area contributed by atoms with Crippen molar-refractivity contribution in [2.24, 2.45) is 16.8 Å². The summed E-state index contributed by atoms with van der Waals surface area (Å²) in [4.78, 5) is 14.5. The molecule has 1 rings (SSSR count). The predicted molar refractivity (Wildman–Crippen MR) is 81.7 cm³/mol. The maximum Gasteiger partial charge on any atom is 0.257 e. The minimum absolute atomic E-state index is 0.0683. The van der Waals surface area contributed by atoms with Crippen LogP contribution in [0.2, 0.25) is 0 Å². The van der Waals surface area contributed by atoms with Crippen molar-refractivity contribution in [2.75, 3.05) is 13.1 Å². The Balaban J connectivity index is 2.99. The first-order valence-electron chi connectivity index (χ1n) is 7.10. The van der Waals surface area contributed by atoms with Gasteiger partial charge in [-0.2, -0.15) is 0 Å². The van der Waals surface area contributed by atoms with Gasteiger partial charge in [-0.3, -0.25) is 4.79 Å². The topological polar surface area (TPSA) is 92.1 Å². The molecule has 0 radical (unpaired) electrons. The van der Waals surface area contributed by atoms with Crippen LogP contribution in [0.5, 0.6) is 0 Å². The van der Waals surface area contributed by atoms with Crippen molar-refractivity contribution in [3.05, 3.63) is 22.6 Å². The molecule has 0 saturated carbocycles. The van der Waals surface area contributed by atoms with Crippen LogP contribution in [0, 0.1) is 26.7 Å². The standard InChI is InChI=1S/C15H25N3O3/c1-9(2)8-18(7-6-13(16)17-20)15(19)14-10(3)11(4)21-12(14)5/h9,20H,6-8H2,1-5H3,(H2,16,17). The lowest BCUT2D eigenvalue weighted by atomic mass is 10.1. The minimum atomic E-state index is -0.0683. The van der Waals surface area contributed by atoms with Gasteiger partial charge >= 0.3 is 0 Å². The van der Waals surface area contributed by atoms with Gasteiger partial charge in [0, 0.05) is 25.1 Å². The monoisotopic (exact) mass is 295 g/mol. The number of hydrogen-bond donors (Lipinski definition) is 2. The quantitative estimate of drug-likeness (QED) is 0.365. The molecule has 0 bridgehead atoms. The molecule has 0 aliphatic rings. The molecule has 0 saturated heterocycles. The highest BCUT2D eigenvalue weighted by Gasteiger charge is 2.24. The Morgan fingerprint density at radius 1 is 1.33 bits per heavy atom. The number of carbonyl (C=O) groups is 1. The van der Waals surface area contributed by atoms with Crippen LogP contribution in [0.3, 0.4) is 0 Å². The molecule has 1 heterocycles. The Hall–Kier alpha value is -1.98. The Labute approximate surface area is 125 Å². The van der Waals surface area contributed by atoms with Crippen molar-refractivity contribution in [3.63, 3.8) is 0 Å². The fourth-order valence-corrected chi connectivity index (χ4v) is 2.28.